The first kappa shape index (κ1) is 16.7. The molecule has 1 fully saturated rings. The maximum absolute atomic E-state index is 6.10. The number of fused-ring (bicyclic) bond motifs is 1. The van der Waals surface area contributed by atoms with Crippen molar-refractivity contribution in [2.24, 2.45) is 10.7 Å². The van der Waals surface area contributed by atoms with Crippen LogP contribution in [0.5, 0.6) is 11.5 Å². The third-order valence-corrected chi connectivity index (χ3v) is 5.27. The number of ether oxygens (including phenoxy) is 2. The highest BCUT2D eigenvalue weighted by atomic mass is 16.7. The molecule has 3 N–H and O–H groups in total. The van der Waals surface area contributed by atoms with Crippen LogP contribution in [0, 0.1) is 0 Å². The monoisotopic (exact) mass is 352 g/mol. The van der Waals surface area contributed by atoms with Gasteiger partial charge in [-0.3, -0.25) is 4.99 Å². The summed E-state index contributed by atoms with van der Waals surface area (Å²) in [4.78, 5) is 8.88. The van der Waals surface area contributed by atoms with Crippen LogP contribution in [0.2, 0.25) is 0 Å². The molecule has 136 valence electrons. The van der Waals surface area contributed by atoms with Crippen molar-refractivity contribution in [2.45, 2.75) is 37.5 Å². The third kappa shape index (κ3) is 3.45. The molecule has 0 radical (unpaired) electrons. The van der Waals surface area contributed by atoms with E-state index < -0.39 is 0 Å². The lowest BCUT2D eigenvalue weighted by Crippen LogP contribution is -2.34. The van der Waals surface area contributed by atoms with Crippen molar-refractivity contribution in [3.8, 4) is 11.5 Å². The van der Waals surface area contributed by atoms with Crippen molar-refractivity contribution in [1.82, 2.24) is 4.98 Å². The fourth-order valence-corrected chi connectivity index (χ4v) is 3.84. The Balaban J connectivity index is 1.55. The molecule has 2 heterocycles. The largest absolute Gasteiger partial charge is 0.454 e. The molecule has 1 aliphatic heterocycles. The van der Waals surface area contributed by atoms with Crippen LogP contribution < -0.4 is 20.5 Å². The second-order valence-corrected chi connectivity index (χ2v) is 6.95. The number of pyridine rings is 1. The van der Waals surface area contributed by atoms with Gasteiger partial charge >= 0.3 is 0 Å². The number of rotatable bonds is 4. The van der Waals surface area contributed by atoms with Crippen LogP contribution in [-0.2, 0) is 5.41 Å². The van der Waals surface area contributed by atoms with Gasteiger partial charge in [-0.2, -0.15) is 0 Å². The van der Waals surface area contributed by atoms with Crippen LogP contribution in [-0.4, -0.2) is 24.3 Å². The van der Waals surface area contributed by atoms with Gasteiger partial charge in [-0.05, 0) is 42.7 Å². The summed E-state index contributed by atoms with van der Waals surface area (Å²) in [7, 11) is 0. The number of guanidine groups is 1. The molecule has 26 heavy (non-hydrogen) atoms. The van der Waals surface area contributed by atoms with Crippen molar-refractivity contribution in [3.63, 3.8) is 0 Å². The minimum absolute atomic E-state index is 0.00432. The Bertz CT molecular complexity index is 786. The lowest BCUT2D eigenvalue weighted by atomic mass is 9.69. The smallest absolute Gasteiger partial charge is 0.231 e. The average Bonchev–Trinajstić information content (AvgIpc) is 3.16. The highest BCUT2D eigenvalue weighted by Crippen LogP contribution is 2.43. The zero-order chi connectivity index (χ0) is 17.8. The molecule has 1 aromatic carbocycles. The van der Waals surface area contributed by atoms with E-state index in [4.69, 9.17) is 15.2 Å². The number of hydrogen-bond acceptors (Lipinski definition) is 4. The van der Waals surface area contributed by atoms with Gasteiger partial charge in [0.2, 0.25) is 6.79 Å². The predicted molar refractivity (Wildman–Crippen MR) is 102 cm³/mol. The molecule has 0 saturated heterocycles. The number of aliphatic imine (C=N–C) groups is 1. The maximum Gasteiger partial charge on any atom is 0.231 e. The van der Waals surface area contributed by atoms with E-state index >= 15 is 0 Å². The number of benzene rings is 1. The van der Waals surface area contributed by atoms with Crippen LogP contribution in [0.1, 0.15) is 37.7 Å². The Morgan fingerprint density at radius 2 is 1.96 bits per heavy atom. The molecule has 4 rings (SSSR count). The van der Waals surface area contributed by atoms with Gasteiger partial charge in [-0.15, -0.1) is 0 Å². The molecular formula is C20H24N4O2. The molecule has 0 amide bonds. The molecule has 0 bridgehead atoms. The molecule has 0 unspecified atom stereocenters. The topological polar surface area (TPSA) is 81.8 Å². The quantitative estimate of drug-likeness (QED) is 0.651. The van der Waals surface area contributed by atoms with E-state index in [2.05, 4.69) is 27.4 Å². The lowest BCUT2D eigenvalue weighted by molar-refractivity contribution is 0.174. The summed E-state index contributed by atoms with van der Waals surface area (Å²) in [5, 5.41) is 3.06. The maximum atomic E-state index is 6.10. The van der Waals surface area contributed by atoms with Crippen LogP contribution in [0.4, 0.5) is 5.82 Å². The summed E-state index contributed by atoms with van der Waals surface area (Å²) in [5.74, 6) is 2.75. The normalized spacial score (nSPS) is 18.5. The van der Waals surface area contributed by atoms with Crippen LogP contribution >= 0.6 is 0 Å². The Labute approximate surface area is 153 Å². The van der Waals surface area contributed by atoms with Gasteiger partial charge in [0.1, 0.15) is 5.82 Å². The highest BCUT2D eigenvalue weighted by Gasteiger charge is 2.35. The van der Waals surface area contributed by atoms with Gasteiger partial charge in [-0.1, -0.05) is 31.4 Å². The van der Waals surface area contributed by atoms with E-state index in [0.717, 1.165) is 24.3 Å². The number of nitrogens with one attached hydrogen (secondary N) is 1. The number of nitrogens with zero attached hydrogens (tertiary/aromatic N) is 2. The summed E-state index contributed by atoms with van der Waals surface area (Å²) in [6.07, 6.45) is 7.62. The number of hydrogen-bond donors (Lipinski definition) is 2. The minimum atomic E-state index is -0.00432. The van der Waals surface area contributed by atoms with Crippen molar-refractivity contribution in [2.75, 3.05) is 18.7 Å². The molecule has 1 aliphatic carbocycles. The molecule has 1 saturated carbocycles. The fourth-order valence-electron chi connectivity index (χ4n) is 3.84. The molecule has 6 nitrogen and oxygen atoms in total. The van der Waals surface area contributed by atoms with Crippen LogP contribution in [0.25, 0.3) is 0 Å². The van der Waals surface area contributed by atoms with E-state index in [-0.39, 0.29) is 5.41 Å². The van der Waals surface area contributed by atoms with Crippen LogP contribution in [0.15, 0.2) is 47.6 Å². The molecule has 2 aliphatic rings. The van der Waals surface area contributed by atoms with Crippen LogP contribution in [0.3, 0.4) is 0 Å². The van der Waals surface area contributed by atoms with Crippen molar-refractivity contribution in [1.29, 1.82) is 0 Å². The van der Waals surface area contributed by atoms with Crippen molar-refractivity contribution in [3.05, 3.63) is 48.2 Å². The predicted octanol–water partition coefficient (Wildman–Crippen LogP) is 3.44. The number of aromatic nitrogens is 1. The average molecular weight is 352 g/mol. The molecular weight excluding hydrogens is 328 g/mol. The molecule has 0 atom stereocenters. The second kappa shape index (κ2) is 7.23. The van der Waals surface area contributed by atoms with E-state index in [1.807, 2.05) is 24.3 Å². The summed E-state index contributed by atoms with van der Waals surface area (Å²) >= 11 is 0. The Morgan fingerprint density at radius 3 is 2.77 bits per heavy atom. The minimum Gasteiger partial charge on any atom is -0.454 e. The van der Waals surface area contributed by atoms with Gasteiger partial charge in [0, 0.05) is 11.6 Å². The number of anilines is 1. The van der Waals surface area contributed by atoms with Gasteiger partial charge in [0.25, 0.3) is 0 Å². The molecule has 1 aromatic heterocycles. The SMILES string of the molecule is NC(=NCC1(c2ccc3c(c2)OCO3)CCCCC1)Nc1ccccn1. The van der Waals surface area contributed by atoms with Crippen molar-refractivity contribution < 1.29 is 9.47 Å². The highest BCUT2D eigenvalue weighted by molar-refractivity contribution is 5.91. The summed E-state index contributed by atoms with van der Waals surface area (Å²) in [6.45, 7) is 0.948. The Hall–Kier alpha value is -2.76. The summed E-state index contributed by atoms with van der Waals surface area (Å²) in [6, 6.07) is 11.9. The van der Waals surface area contributed by atoms with Gasteiger partial charge in [0.05, 0.1) is 6.54 Å². The van der Waals surface area contributed by atoms with E-state index in [0.29, 0.717) is 25.1 Å². The van der Waals surface area contributed by atoms with E-state index in [9.17, 15) is 0 Å². The fraction of sp³-hybridized carbons (Fsp3) is 0.400. The first-order valence-electron chi connectivity index (χ1n) is 9.13. The Kier molecular flexibility index (Phi) is 4.65. The van der Waals surface area contributed by atoms with Gasteiger partial charge < -0.3 is 20.5 Å². The molecule has 2 aromatic rings. The summed E-state index contributed by atoms with van der Waals surface area (Å²) < 4.78 is 11.0. The van der Waals surface area contributed by atoms with Gasteiger partial charge in [-0.25, -0.2) is 4.98 Å². The second-order valence-electron chi connectivity index (χ2n) is 6.95. The molecule has 6 heteroatoms. The first-order chi connectivity index (χ1) is 12.8. The van der Waals surface area contributed by atoms with E-state index in [1.54, 1.807) is 6.20 Å². The van der Waals surface area contributed by atoms with E-state index in [1.165, 1.54) is 24.8 Å². The van der Waals surface area contributed by atoms with Crippen molar-refractivity contribution >= 4 is 11.8 Å². The summed E-state index contributed by atoms with van der Waals surface area (Å²) in [5.41, 5.74) is 7.36. The first-order valence-corrected chi connectivity index (χ1v) is 9.13. The van der Waals surface area contributed by atoms with Gasteiger partial charge in [0.15, 0.2) is 17.5 Å². The molecule has 0 spiro atoms. The number of nitrogens with two attached hydrogens (primary N) is 1. The Morgan fingerprint density at radius 1 is 1.12 bits per heavy atom. The zero-order valence-electron chi connectivity index (χ0n) is 14.8. The lowest BCUT2D eigenvalue weighted by Gasteiger charge is -2.36. The zero-order valence-corrected chi connectivity index (χ0v) is 14.8. The third-order valence-electron chi connectivity index (χ3n) is 5.27. The standard InChI is InChI=1S/C20H24N4O2/c21-19(24-18-6-2-5-11-22-18)23-13-20(9-3-1-4-10-20)15-7-8-16-17(12-15)26-14-25-16/h2,5-8,11-12H,1,3-4,9-10,13-14H2,(H3,21,22,23,24).